The first-order valence-corrected chi connectivity index (χ1v) is 10.7. The number of rotatable bonds is 6. The lowest BCUT2D eigenvalue weighted by atomic mass is 10.1. The highest BCUT2D eigenvalue weighted by Gasteiger charge is 2.39. The predicted octanol–water partition coefficient (Wildman–Crippen LogP) is 1.38. The first-order chi connectivity index (χ1) is 14.3. The van der Waals surface area contributed by atoms with Crippen LogP contribution in [0.5, 0.6) is 5.75 Å². The second kappa shape index (κ2) is 9.23. The molecule has 0 aromatic heterocycles. The summed E-state index contributed by atoms with van der Waals surface area (Å²) in [6.07, 6.45) is 0.853. The van der Waals surface area contributed by atoms with Gasteiger partial charge in [0.2, 0.25) is 15.9 Å². The third-order valence-corrected chi connectivity index (χ3v) is 6.70. The molecule has 160 valence electrons. The Morgan fingerprint density at radius 2 is 1.77 bits per heavy atom. The minimum Gasteiger partial charge on any atom is -0.497 e. The lowest BCUT2D eigenvalue weighted by Crippen LogP contribution is -2.51. The van der Waals surface area contributed by atoms with E-state index in [0.717, 1.165) is 34.1 Å². The van der Waals surface area contributed by atoms with Gasteiger partial charge in [-0.15, -0.1) is 0 Å². The normalized spacial score (nSPS) is 16.8. The Balaban J connectivity index is 1.60. The zero-order valence-corrected chi connectivity index (χ0v) is 17.1. The first kappa shape index (κ1) is 21.7. The van der Waals surface area contributed by atoms with E-state index in [0.29, 0.717) is 18.6 Å². The smallest absolute Gasteiger partial charge is 0.256 e. The van der Waals surface area contributed by atoms with Gasteiger partial charge in [-0.05, 0) is 54.8 Å². The Morgan fingerprint density at radius 1 is 1.10 bits per heavy atom. The molecule has 0 bridgehead atoms. The third-order valence-electron chi connectivity index (χ3n) is 4.78. The summed E-state index contributed by atoms with van der Waals surface area (Å²) in [4.78, 5) is 24.5. The van der Waals surface area contributed by atoms with Gasteiger partial charge in [0.1, 0.15) is 17.6 Å². The standard InChI is InChI=1S/C20H22FN3O5S/c1-29-16-8-4-14(5-9-16)13-19(25)22-23-20(26)18-3-2-12-24(18)30(27,28)17-10-6-15(21)7-11-17/h4-11,18H,2-3,12-13H2,1H3,(H,22,25)(H,23,26)/t18-/m0/s1. The van der Waals surface area contributed by atoms with Crippen molar-refractivity contribution in [2.45, 2.75) is 30.2 Å². The van der Waals surface area contributed by atoms with Crippen molar-refractivity contribution in [1.29, 1.82) is 0 Å². The quantitative estimate of drug-likeness (QED) is 0.667. The number of benzene rings is 2. The van der Waals surface area contributed by atoms with Crippen molar-refractivity contribution < 1.29 is 27.1 Å². The summed E-state index contributed by atoms with van der Waals surface area (Å²) in [5, 5.41) is 0. The number of nitrogens with zero attached hydrogens (tertiary/aromatic N) is 1. The number of hydrogen-bond donors (Lipinski definition) is 2. The number of sulfonamides is 1. The summed E-state index contributed by atoms with van der Waals surface area (Å²) in [7, 11) is -2.42. The van der Waals surface area contributed by atoms with Crippen LogP contribution in [0, 0.1) is 5.82 Å². The van der Waals surface area contributed by atoms with Crippen LogP contribution in [-0.4, -0.2) is 44.2 Å². The highest BCUT2D eigenvalue weighted by atomic mass is 32.2. The molecule has 0 saturated carbocycles. The Kier molecular flexibility index (Phi) is 6.68. The predicted molar refractivity (Wildman–Crippen MR) is 106 cm³/mol. The van der Waals surface area contributed by atoms with Gasteiger partial charge in [-0.25, -0.2) is 12.8 Å². The van der Waals surface area contributed by atoms with E-state index in [9.17, 15) is 22.4 Å². The molecule has 0 unspecified atom stereocenters. The van der Waals surface area contributed by atoms with Gasteiger partial charge in [0, 0.05) is 6.54 Å². The number of methoxy groups -OCH3 is 1. The van der Waals surface area contributed by atoms with Gasteiger partial charge >= 0.3 is 0 Å². The Bertz CT molecular complexity index is 1010. The van der Waals surface area contributed by atoms with E-state index in [2.05, 4.69) is 10.9 Å². The molecule has 3 rings (SSSR count). The van der Waals surface area contributed by atoms with E-state index in [1.165, 1.54) is 0 Å². The molecule has 1 aliphatic heterocycles. The van der Waals surface area contributed by atoms with Crippen LogP contribution in [0.3, 0.4) is 0 Å². The maximum Gasteiger partial charge on any atom is 0.256 e. The van der Waals surface area contributed by atoms with Crippen LogP contribution < -0.4 is 15.6 Å². The Hall–Kier alpha value is -2.98. The maximum absolute atomic E-state index is 13.1. The van der Waals surface area contributed by atoms with Crippen LogP contribution >= 0.6 is 0 Å². The highest BCUT2D eigenvalue weighted by molar-refractivity contribution is 7.89. The molecule has 2 aromatic rings. The number of halogens is 1. The number of nitrogens with one attached hydrogen (secondary N) is 2. The Labute approximate surface area is 174 Å². The molecule has 0 aliphatic carbocycles. The van der Waals surface area contributed by atoms with Crippen molar-refractivity contribution >= 4 is 21.8 Å². The molecule has 8 nitrogen and oxygen atoms in total. The molecule has 10 heteroatoms. The van der Waals surface area contributed by atoms with Crippen molar-refractivity contribution in [1.82, 2.24) is 15.2 Å². The van der Waals surface area contributed by atoms with Crippen LogP contribution in [0.25, 0.3) is 0 Å². The summed E-state index contributed by atoms with van der Waals surface area (Å²) in [6.45, 7) is 0.164. The lowest BCUT2D eigenvalue weighted by molar-refractivity contribution is -0.130. The molecular weight excluding hydrogens is 413 g/mol. The number of hydrogen-bond acceptors (Lipinski definition) is 5. The lowest BCUT2D eigenvalue weighted by Gasteiger charge is -2.23. The van der Waals surface area contributed by atoms with E-state index in [-0.39, 0.29) is 17.9 Å². The van der Waals surface area contributed by atoms with Crippen molar-refractivity contribution in [2.75, 3.05) is 13.7 Å². The van der Waals surface area contributed by atoms with Crippen LogP contribution in [0.2, 0.25) is 0 Å². The zero-order valence-electron chi connectivity index (χ0n) is 16.3. The maximum atomic E-state index is 13.1. The molecule has 30 heavy (non-hydrogen) atoms. The zero-order chi connectivity index (χ0) is 21.7. The van der Waals surface area contributed by atoms with Crippen LogP contribution in [-0.2, 0) is 26.0 Å². The SMILES string of the molecule is COc1ccc(CC(=O)NNC(=O)[C@@H]2CCCN2S(=O)(=O)c2ccc(F)cc2)cc1. The minimum atomic E-state index is -3.96. The molecule has 2 N–H and O–H groups in total. The fraction of sp³-hybridized carbons (Fsp3) is 0.300. The van der Waals surface area contributed by atoms with Crippen LogP contribution in [0.15, 0.2) is 53.4 Å². The van der Waals surface area contributed by atoms with Crippen molar-refractivity contribution in [3.63, 3.8) is 0 Å². The topological polar surface area (TPSA) is 105 Å². The molecule has 0 radical (unpaired) electrons. The van der Waals surface area contributed by atoms with Crippen molar-refractivity contribution in [2.24, 2.45) is 0 Å². The van der Waals surface area contributed by atoms with E-state index >= 15 is 0 Å². The number of ether oxygens (including phenoxy) is 1. The average molecular weight is 435 g/mol. The molecule has 1 atom stereocenters. The van der Waals surface area contributed by atoms with Gasteiger partial charge in [-0.2, -0.15) is 4.31 Å². The minimum absolute atomic E-state index is 0.0343. The summed E-state index contributed by atoms with van der Waals surface area (Å²) in [5.74, 6) is -0.957. The van der Waals surface area contributed by atoms with Crippen molar-refractivity contribution in [3.05, 3.63) is 59.9 Å². The number of hydrazine groups is 1. The van der Waals surface area contributed by atoms with Gasteiger partial charge in [0.05, 0.1) is 18.4 Å². The first-order valence-electron chi connectivity index (χ1n) is 9.30. The van der Waals surface area contributed by atoms with Crippen LogP contribution in [0.1, 0.15) is 18.4 Å². The summed E-state index contributed by atoms with van der Waals surface area (Å²) < 4.78 is 44.9. The molecule has 2 aromatic carbocycles. The van der Waals surface area contributed by atoms with E-state index in [4.69, 9.17) is 4.74 Å². The second-order valence-corrected chi connectivity index (χ2v) is 8.68. The summed E-state index contributed by atoms with van der Waals surface area (Å²) >= 11 is 0. The van der Waals surface area contributed by atoms with Crippen molar-refractivity contribution in [3.8, 4) is 5.75 Å². The van der Waals surface area contributed by atoms with Crippen LogP contribution in [0.4, 0.5) is 4.39 Å². The molecule has 1 fully saturated rings. The second-order valence-electron chi connectivity index (χ2n) is 6.79. The number of carbonyl (C=O) groups is 2. The van der Waals surface area contributed by atoms with Gasteiger partial charge in [0.15, 0.2) is 0 Å². The molecular formula is C20H22FN3O5S. The number of amides is 2. The third kappa shape index (κ3) is 4.95. The van der Waals surface area contributed by atoms with Gasteiger partial charge in [-0.1, -0.05) is 12.1 Å². The average Bonchev–Trinajstić information content (AvgIpc) is 3.24. The van der Waals surface area contributed by atoms with E-state index in [1.807, 2.05) is 0 Å². The molecule has 0 spiro atoms. The molecule has 1 heterocycles. The van der Waals surface area contributed by atoms with Gasteiger partial charge < -0.3 is 4.74 Å². The molecule has 1 aliphatic rings. The molecule has 2 amide bonds. The fourth-order valence-electron chi connectivity index (χ4n) is 3.22. The molecule has 1 saturated heterocycles. The van der Waals surface area contributed by atoms with Gasteiger partial charge in [0.25, 0.3) is 5.91 Å². The van der Waals surface area contributed by atoms with Gasteiger partial charge in [-0.3, -0.25) is 20.4 Å². The monoisotopic (exact) mass is 435 g/mol. The summed E-state index contributed by atoms with van der Waals surface area (Å²) in [6, 6.07) is 10.4. The number of carbonyl (C=O) groups excluding carboxylic acids is 2. The summed E-state index contributed by atoms with van der Waals surface area (Å²) in [5.41, 5.74) is 5.34. The highest BCUT2D eigenvalue weighted by Crippen LogP contribution is 2.26. The Morgan fingerprint density at radius 3 is 2.40 bits per heavy atom. The van der Waals surface area contributed by atoms with E-state index < -0.39 is 33.7 Å². The fourth-order valence-corrected chi connectivity index (χ4v) is 4.88. The largest absolute Gasteiger partial charge is 0.497 e. The van der Waals surface area contributed by atoms with E-state index in [1.54, 1.807) is 31.4 Å².